The summed E-state index contributed by atoms with van der Waals surface area (Å²) in [6, 6.07) is 0. The van der Waals surface area contributed by atoms with Gasteiger partial charge in [0.05, 0.1) is 11.7 Å². The van der Waals surface area contributed by atoms with Gasteiger partial charge in [-0.25, -0.2) is 4.79 Å². The van der Waals surface area contributed by atoms with E-state index in [1.165, 1.54) is 6.08 Å². The largest absolute Gasteiger partial charge is 0.695 e. The van der Waals surface area contributed by atoms with Crippen molar-refractivity contribution in [1.29, 1.82) is 0 Å². The predicted octanol–water partition coefficient (Wildman–Crippen LogP) is -0.384. The van der Waals surface area contributed by atoms with Gasteiger partial charge in [0.25, 0.3) is 5.56 Å². The molecule has 11 heteroatoms. The molecule has 2 rings (SSSR count). The molecule has 2 heterocycles. The first kappa shape index (κ1) is 19.6. The minimum atomic E-state index is -2.92. The number of H-pyrrole nitrogens is 2. The zero-order chi connectivity index (χ0) is 18.8. The van der Waals surface area contributed by atoms with Crippen LogP contribution in [-0.4, -0.2) is 49.0 Å². The lowest BCUT2D eigenvalue weighted by Crippen LogP contribution is -2.38. The molecule has 0 aromatic carbocycles. The molecule has 3 unspecified atom stereocenters. The van der Waals surface area contributed by atoms with Crippen LogP contribution >= 0.6 is 8.25 Å². The summed E-state index contributed by atoms with van der Waals surface area (Å²) >= 11 is 0. The Hall–Kier alpha value is -1.68. The van der Waals surface area contributed by atoms with Gasteiger partial charge in [0.15, 0.2) is 0 Å². The smallest absolute Gasteiger partial charge is 0.388 e. The number of hydrogen-bond donors (Lipinski definition) is 5. The monoisotopic (exact) mass is 375 g/mol. The van der Waals surface area contributed by atoms with Gasteiger partial charge in [0.2, 0.25) is 0 Å². The second-order valence-electron chi connectivity index (χ2n) is 5.76. The van der Waals surface area contributed by atoms with Crippen LogP contribution in [0.2, 0.25) is 0 Å². The highest BCUT2D eigenvalue weighted by Gasteiger charge is 2.49. The van der Waals surface area contributed by atoms with Gasteiger partial charge in [-0.3, -0.25) is 9.78 Å². The Labute approximate surface area is 143 Å². The third-order valence-corrected chi connectivity index (χ3v) is 4.81. The molecule has 1 aromatic heterocycles. The quantitative estimate of drug-likeness (QED) is 0.318. The normalized spacial score (nSPS) is 29.2. The number of ether oxygens (including phenoxy) is 1. The van der Waals surface area contributed by atoms with Crippen LogP contribution in [0.25, 0.3) is 0 Å². The summed E-state index contributed by atoms with van der Waals surface area (Å²) in [5.74, 6) is 0. The summed E-state index contributed by atoms with van der Waals surface area (Å²) < 4.78 is 21.7. The molecule has 1 aromatic rings. The highest BCUT2D eigenvalue weighted by Crippen LogP contribution is 2.40. The van der Waals surface area contributed by atoms with Crippen LogP contribution in [0.5, 0.6) is 0 Å². The Bertz CT molecular complexity index is 762. The lowest BCUT2D eigenvalue weighted by molar-refractivity contribution is -0.0353. The first-order valence-electron chi connectivity index (χ1n) is 7.55. The van der Waals surface area contributed by atoms with Gasteiger partial charge >= 0.3 is 13.9 Å². The SMILES string of the molecule is C=CC(CC)(C[C@H]1OC(c2c[nH]c(=O)[nH]c2=O)[C@H](O)[C@@H]1O)O[P+](=O)O. The molecular weight excluding hydrogens is 355 g/mol. The highest BCUT2D eigenvalue weighted by atomic mass is 31.1. The van der Waals surface area contributed by atoms with Crippen LogP contribution in [-0.2, 0) is 13.8 Å². The van der Waals surface area contributed by atoms with Crippen LogP contribution in [0.1, 0.15) is 31.4 Å². The second kappa shape index (κ2) is 7.69. The Balaban J connectivity index is 2.26. The van der Waals surface area contributed by atoms with Crippen molar-refractivity contribution in [3.05, 3.63) is 45.3 Å². The van der Waals surface area contributed by atoms with E-state index in [2.05, 4.69) is 11.6 Å². The van der Waals surface area contributed by atoms with E-state index in [-0.39, 0.29) is 18.4 Å². The maximum atomic E-state index is 11.9. The van der Waals surface area contributed by atoms with Crippen molar-refractivity contribution in [2.75, 3.05) is 0 Å². The molecule has 138 valence electrons. The molecule has 1 saturated heterocycles. The van der Waals surface area contributed by atoms with Crippen molar-refractivity contribution in [2.24, 2.45) is 0 Å². The van der Waals surface area contributed by atoms with Crippen LogP contribution < -0.4 is 11.2 Å². The molecule has 25 heavy (non-hydrogen) atoms. The Morgan fingerprint density at radius 3 is 2.64 bits per heavy atom. The first-order valence-corrected chi connectivity index (χ1v) is 8.68. The van der Waals surface area contributed by atoms with E-state index in [4.69, 9.17) is 14.2 Å². The summed E-state index contributed by atoms with van der Waals surface area (Å²) in [5.41, 5.74) is -2.76. The average Bonchev–Trinajstić information content (AvgIpc) is 2.82. The van der Waals surface area contributed by atoms with Gasteiger partial charge in [-0.1, -0.05) is 13.0 Å². The predicted molar refractivity (Wildman–Crippen MR) is 86.1 cm³/mol. The number of nitrogens with one attached hydrogen (secondary N) is 2. The minimum Gasteiger partial charge on any atom is -0.388 e. The third kappa shape index (κ3) is 4.12. The number of aliphatic hydroxyl groups is 2. The number of aliphatic hydroxyl groups excluding tert-OH is 2. The highest BCUT2D eigenvalue weighted by molar-refractivity contribution is 7.32. The molecule has 10 nitrogen and oxygen atoms in total. The summed E-state index contributed by atoms with van der Waals surface area (Å²) in [6.07, 6.45) is -2.33. The maximum Gasteiger partial charge on any atom is 0.695 e. The number of aromatic nitrogens is 2. The molecule has 0 saturated carbocycles. The molecule has 6 atom stereocenters. The van der Waals surface area contributed by atoms with Gasteiger partial charge in [0, 0.05) is 17.2 Å². The van der Waals surface area contributed by atoms with Gasteiger partial charge in [-0.15, -0.1) is 16.0 Å². The molecule has 0 spiro atoms. The Kier molecular flexibility index (Phi) is 6.04. The maximum absolute atomic E-state index is 11.9. The van der Waals surface area contributed by atoms with E-state index in [9.17, 15) is 24.4 Å². The standard InChI is InChI=1S/C14H19N2O8P/c1-3-14(4-2,24-25(21)22)5-8-9(17)10(18)11(23-8)7-6-15-13(20)16-12(7)19/h3,6,8-11,17-18H,1,4-5H2,2H3,(H2-,15,16,19,20,21,22)/p+1/t8-,9-,10-,11?,14?/m1/s1. The molecule has 1 aliphatic heterocycles. The molecule has 5 N–H and O–H groups in total. The molecule has 1 fully saturated rings. The first-order chi connectivity index (χ1) is 11.7. The summed E-state index contributed by atoms with van der Waals surface area (Å²) in [5, 5.41) is 20.4. The van der Waals surface area contributed by atoms with Crippen LogP contribution in [0, 0.1) is 0 Å². The number of aromatic amines is 2. The van der Waals surface area contributed by atoms with Crippen molar-refractivity contribution in [1.82, 2.24) is 9.97 Å². The van der Waals surface area contributed by atoms with Crippen molar-refractivity contribution < 1.29 is 28.9 Å². The lowest BCUT2D eigenvalue weighted by Gasteiger charge is -2.26. The summed E-state index contributed by atoms with van der Waals surface area (Å²) in [4.78, 5) is 36.3. The van der Waals surface area contributed by atoms with Crippen molar-refractivity contribution >= 4 is 8.25 Å². The fourth-order valence-corrected chi connectivity index (χ4v) is 3.40. The Morgan fingerprint density at radius 2 is 2.12 bits per heavy atom. The van der Waals surface area contributed by atoms with Crippen LogP contribution in [0.15, 0.2) is 28.4 Å². The second-order valence-corrected chi connectivity index (χ2v) is 6.42. The van der Waals surface area contributed by atoms with E-state index < -0.39 is 49.5 Å². The van der Waals surface area contributed by atoms with E-state index in [0.717, 1.165) is 6.20 Å². The van der Waals surface area contributed by atoms with Gasteiger partial charge in [-0.05, 0) is 6.42 Å². The minimum absolute atomic E-state index is 0.0523. The molecule has 0 aliphatic carbocycles. The third-order valence-electron chi connectivity index (χ3n) is 4.29. The molecular formula is C14H20N2O8P+. The topological polar surface area (TPSA) is 162 Å². The fourth-order valence-electron chi connectivity index (χ4n) is 2.81. The van der Waals surface area contributed by atoms with Crippen molar-refractivity contribution in [2.45, 2.75) is 49.8 Å². The van der Waals surface area contributed by atoms with Crippen LogP contribution in [0.4, 0.5) is 0 Å². The van der Waals surface area contributed by atoms with Crippen molar-refractivity contribution in [3.63, 3.8) is 0 Å². The van der Waals surface area contributed by atoms with E-state index in [0.29, 0.717) is 0 Å². The summed E-state index contributed by atoms with van der Waals surface area (Å²) in [7, 11) is -2.92. The lowest BCUT2D eigenvalue weighted by atomic mass is 9.90. The van der Waals surface area contributed by atoms with Gasteiger partial charge in [0.1, 0.15) is 23.9 Å². The average molecular weight is 375 g/mol. The molecule has 0 bridgehead atoms. The van der Waals surface area contributed by atoms with E-state index in [1.54, 1.807) is 6.92 Å². The van der Waals surface area contributed by atoms with E-state index >= 15 is 0 Å². The zero-order valence-corrected chi connectivity index (χ0v) is 14.3. The van der Waals surface area contributed by atoms with E-state index in [1.807, 2.05) is 4.98 Å². The van der Waals surface area contributed by atoms with Gasteiger partial charge < -0.3 is 19.9 Å². The number of hydrogen-bond acceptors (Lipinski definition) is 7. The number of rotatable bonds is 7. The molecule has 1 aliphatic rings. The molecule has 0 radical (unpaired) electrons. The van der Waals surface area contributed by atoms with Gasteiger partial charge in [-0.2, -0.15) is 0 Å². The zero-order valence-electron chi connectivity index (χ0n) is 13.4. The van der Waals surface area contributed by atoms with Crippen molar-refractivity contribution in [3.8, 4) is 0 Å². The fraction of sp³-hybridized carbons (Fsp3) is 0.571. The molecule has 0 amide bonds. The van der Waals surface area contributed by atoms with Crippen LogP contribution in [0.3, 0.4) is 0 Å². The Morgan fingerprint density at radius 1 is 1.44 bits per heavy atom. The summed E-state index contributed by atoms with van der Waals surface area (Å²) in [6.45, 7) is 5.28.